The minimum absolute atomic E-state index is 0.0484. The number of fused-ring (bicyclic) bond motifs is 1. The van der Waals surface area contributed by atoms with Crippen molar-refractivity contribution in [2.45, 2.75) is 78.5 Å². The van der Waals surface area contributed by atoms with Crippen molar-refractivity contribution in [3.8, 4) is 0 Å². The number of thiocarbonyl (C=S) groups is 1. The molecule has 1 aliphatic heterocycles. The van der Waals surface area contributed by atoms with Gasteiger partial charge in [0.15, 0.2) is 20.9 Å². The number of nitrogens with zero attached hydrogens (tertiary/aromatic N) is 1. The lowest BCUT2D eigenvalue weighted by atomic mass is 9.77. The first-order valence-electron chi connectivity index (χ1n) is 12.6. The zero-order valence-corrected chi connectivity index (χ0v) is 25.9. The van der Waals surface area contributed by atoms with E-state index in [2.05, 4.69) is 58.1 Å². The number of hydrogen-bond acceptors (Lipinski definition) is 6. The van der Waals surface area contributed by atoms with Gasteiger partial charge in [0.25, 0.3) is 0 Å². The molecule has 3 rings (SSSR count). The summed E-state index contributed by atoms with van der Waals surface area (Å²) in [7, 11) is -1.68. The monoisotopic (exact) mass is 547 g/mol. The van der Waals surface area contributed by atoms with Crippen LogP contribution in [0.15, 0.2) is 42.5 Å². The number of thioether (sulfide) groups is 1. The van der Waals surface area contributed by atoms with Gasteiger partial charge in [-0.15, -0.1) is 0 Å². The molecule has 0 aromatic heterocycles. The molecule has 1 fully saturated rings. The maximum absolute atomic E-state index is 13.8. The van der Waals surface area contributed by atoms with E-state index in [1.807, 2.05) is 45.2 Å². The van der Waals surface area contributed by atoms with Gasteiger partial charge < -0.3 is 13.9 Å². The fourth-order valence-corrected chi connectivity index (χ4v) is 6.33. The van der Waals surface area contributed by atoms with E-state index < -0.39 is 26.5 Å². The van der Waals surface area contributed by atoms with Crippen LogP contribution in [0.1, 0.15) is 59.6 Å². The number of amides is 1. The van der Waals surface area contributed by atoms with Gasteiger partial charge in [-0.1, -0.05) is 75.0 Å². The predicted molar refractivity (Wildman–Crippen MR) is 157 cm³/mol. The highest BCUT2D eigenvalue weighted by Gasteiger charge is 2.59. The van der Waals surface area contributed by atoms with E-state index in [4.69, 9.17) is 26.1 Å². The quantitative estimate of drug-likeness (QED) is 0.285. The molecule has 1 amide bonds. The van der Waals surface area contributed by atoms with Crippen LogP contribution in [0.25, 0.3) is 10.8 Å². The average molecular weight is 548 g/mol. The van der Waals surface area contributed by atoms with Gasteiger partial charge in [-0.2, -0.15) is 0 Å². The standard InChI is InChI=1S/C28H41NO4S2Si/c1-26(2,3)20-17-28(33-36(8)9,29(18-20)24(30)32-27(4,5)6)23(31-25(34)35-7)22-16-12-14-19-13-10-11-15-21(19)22/h10-16,20,23,36H,17-18H2,1-9H3/t20-,23?,28-/m0/s1. The summed E-state index contributed by atoms with van der Waals surface area (Å²) < 4.78 is 19.9. The summed E-state index contributed by atoms with van der Waals surface area (Å²) in [5.41, 5.74) is -0.776. The first-order valence-corrected chi connectivity index (χ1v) is 17.0. The first-order chi connectivity index (χ1) is 16.7. The summed E-state index contributed by atoms with van der Waals surface area (Å²) in [6.45, 7) is 17.1. The van der Waals surface area contributed by atoms with Crippen LogP contribution in [0.2, 0.25) is 13.1 Å². The SMILES string of the molecule is CSC(=S)OC(c1cccc2ccccc12)[C@@]1(O[SiH](C)C)C[C@H](C(C)(C)C)CN1C(=O)OC(C)(C)C. The summed E-state index contributed by atoms with van der Waals surface area (Å²) in [5, 5.41) is 2.16. The van der Waals surface area contributed by atoms with Crippen LogP contribution < -0.4 is 0 Å². The lowest BCUT2D eigenvalue weighted by Gasteiger charge is -2.45. The highest BCUT2D eigenvalue weighted by Crippen LogP contribution is 2.51. The molecule has 0 radical (unpaired) electrons. The van der Waals surface area contributed by atoms with Crippen molar-refractivity contribution < 1.29 is 18.7 Å². The van der Waals surface area contributed by atoms with Crippen LogP contribution in [-0.2, 0) is 13.9 Å². The fourth-order valence-electron chi connectivity index (χ4n) is 4.88. The largest absolute Gasteiger partial charge is 0.465 e. The number of carbonyl (C=O) groups is 1. The van der Waals surface area contributed by atoms with Crippen molar-refractivity contribution in [1.82, 2.24) is 4.90 Å². The molecular weight excluding hydrogens is 507 g/mol. The van der Waals surface area contributed by atoms with Crippen molar-refractivity contribution in [1.29, 1.82) is 0 Å². The molecule has 0 bridgehead atoms. The number of carbonyl (C=O) groups excluding carboxylic acids is 1. The molecule has 198 valence electrons. The number of hydrogen-bond donors (Lipinski definition) is 0. The molecule has 0 aliphatic carbocycles. The zero-order chi connectivity index (χ0) is 26.9. The van der Waals surface area contributed by atoms with E-state index >= 15 is 0 Å². The average Bonchev–Trinajstić information content (AvgIpc) is 3.16. The summed E-state index contributed by atoms with van der Waals surface area (Å²) in [5.74, 6) is 0.182. The van der Waals surface area contributed by atoms with Crippen molar-refractivity contribution in [3.63, 3.8) is 0 Å². The van der Waals surface area contributed by atoms with E-state index in [-0.39, 0.29) is 17.4 Å². The molecule has 8 heteroatoms. The van der Waals surface area contributed by atoms with E-state index in [1.165, 1.54) is 11.8 Å². The van der Waals surface area contributed by atoms with Gasteiger partial charge >= 0.3 is 6.09 Å². The Morgan fingerprint density at radius 1 is 1.11 bits per heavy atom. The molecule has 1 aliphatic rings. The van der Waals surface area contributed by atoms with Crippen LogP contribution in [0, 0.1) is 11.3 Å². The fraction of sp³-hybridized carbons (Fsp3) is 0.571. The van der Waals surface area contributed by atoms with Gasteiger partial charge in [0.1, 0.15) is 5.60 Å². The third-order valence-corrected chi connectivity index (χ3v) is 8.48. The third kappa shape index (κ3) is 6.44. The Morgan fingerprint density at radius 2 is 1.75 bits per heavy atom. The Hall–Kier alpha value is -1.61. The normalized spacial score (nSPS) is 21.6. The van der Waals surface area contributed by atoms with Gasteiger partial charge in [-0.05, 0) is 74.4 Å². The number of likely N-dealkylation sites (tertiary alicyclic amines) is 1. The van der Waals surface area contributed by atoms with Crippen molar-refractivity contribution in [2.75, 3.05) is 12.8 Å². The van der Waals surface area contributed by atoms with Gasteiger partial charge in [-0.25, -0.2) is 4.79 Å². The van der Waals surface area contributed by atoms with E-state index in [1.54, 1.807) is 4.90 Å². The maximum atomic E-state index is 13.8. The second kappa shape index (κ2) is 11.0. The Kier molecular flexibility index (Phi) is 8.86. The minimum atomic E-state index is -1.68. The van der Waals surface area contributed by atoms with Crippen LogP contribution in [-0.4, -0.2) is 48.5 Å². The van der Waals surface area contributed by atoms with Crippen LogP contribution >= 0.6 is 24.0 Å². The molecule has 2 aromatic rings. The Bertz CT molecular complexity index is 1090. The van der Waals surface area contributed by atoms with Gasteiger partial charge in [-0.3, -0.25) is 4.90 Å². The van der Waals surface area contributed by atoms with Gasteiger partial charge in [0, 0.05) is 18.5 Å². The third-order valence-electron chi connectivity index (χ3n) is 6.57. The van der Waals surface area contributed by atoms with E-state index in [0.717, 1.165) is 16.3 Å². The molecule has 0 N–H and O–H groups in total. The number of benzene rings is 2. The molecule has 2 aromatic carbocycles. The Balaban J connectivity index is 2.29. The second-order valence-corrected chi connectivity index (χ2v) is 15.6. The molecule has 0 spiro atoms. The van der Waals surface area contributed by atoms with Gasteiger partial charge in [0.05, 0.1) is 0 Å². The van der Waals surface area contributed by atoms with E-state index in [9.17, 15) is 4.79 Å². The maximum Gasteiger partial charge on any atom is 0.412 e. The first kappa shape index (κ1) is 29.0. The Labute approximate surface area is 228 Å². The molecule has 1 saturated heterocycles. The lowest BCUT2D eigenvalue weighted by Crippen LogP contribution is -2.56. The summed E-state index contributed by atoms with van der Waals surface area (Å²) >= 11 is 7.00. The molecule has 3 atom stereocenters. The molecule has 0 saturated carbocycles. The molecule has 1 unspecified atom stereocenters. The summed E-state index contributed by atoms with van der Waals surface area (Å²) in [6.07, 6.45) is 1.54. The van der Waals surface area contributed by atoms with Crippen LogP contribution in [0.4, 0.5) is 4.79 Å². The number of rotatable bonds is 5. The van der Waals surface area contributed by atoms with Crippen molar-refractivity contribution in [2.24, 2.45) is 11.3 Å². The topological polar surface area (TPSA) is 48.0 Å². The lowest BCUT2D eigenvalue weighted by molar-refractivity contribution is -0.133. The molecule has 36 heavy (non-hydrogen) atoms. The summed E-state index contributed by atoms with van der Waals surface area (Å²) in [6, 6.07) is 14.4. The molecule has 5 nitrogen and oxygen atoms in total. The second-order valence-electron chi connectivity index (χ2n) is 11.9. The van der Waals surface area contributed by atoms with Crippen molar-refractivity contribution >= 4 is 54.3 Å². The zero-order valence-electron chi connectivity index (χ0n) is 23.1. The Morgan fingerprint density at radius 3 is 2.33 bits per heavy atom. The van der Waals surface area contributed by atoms with Gasteiger partial charge in [0.2, 0.25) is 4.38 Å². The predicted octanol–water partition coefficient (Wildman–Crippen LogP) is 7.54. The van der Waals surface area contributed by atoms with Crippen LogP contribution in [0.3, 0.4) is 0 Å². The molecular formula is C28H41NO4S2Si. The van der Waals surface area contributed by atoms with Crippen LogP contribution in [0.5, 0.6) is 0 Å². The molecule has 1 heterocycles. The summed E-state index contributed by atoms with van der Waals surface area (Å²) in [4.78, 5) is 15.6. The highest BCUT2D eigenvalue weighted by molar-refractivity contribution is 8.22. The minimum Gasteiger partial charge on any atom is -0.465 e. The number of ether oxygens (including phenoxy) is 2. The van der Waals surface area contributed by atoms with Crippen molar-refractivity contribution in [3.05, 3.63) is 48.0 Å². The smallest absolute Gasteiger partial charge is 0.412 e. The van der Waals surface area contributed by atoms with E-state index in [0.29, 0.717) is 17.3 Å². The highest BCUT2D eigenvalue weighted by atomic mass is 32.2.